The van der Waals surface area contributed by atoms with Crippen molar-refractivity contribution >= 4 is 23.2 Å². The minimum absolute atomic E-state index is 0.0784. The Kier molecular flexibility index (Phi) is 3.43. The molecule has 0 fully saturated rings. The Morgan fingerprint density at radius 3 is 2.62 bits per heavy atom. The van der Waals surface area contributed by atoms with Gasteiger partial charge in [-0.3, -0.25) is 0 Å². The Bertz CT molecular complexity index is 864. The molecule has 2 heterocycles. The molecule has 0 bridgehead atoms. The third-order valence-electron chi connectivity index (χ3n) is 4.78. The summed E-state index contributed by atoms with van der Waals surface area (Å²) in [4.78, 5) is 1.26. The highest BCUT2D eigenvalue weighted by atomic mass is 32.2. The van der Waals surface area contributed by atoms with Crippen molar-refractivity contribution in [2.24, 2.45) is 11.0 Å². The third-order valence-corrected chi connectivity index (χ3v) is 6.13. The summed E-state index contributed by atoms with van der Waals surface area (Å²) >= 11 is 1.86. The van der Waals surface area contributed by atoms with Gasteiger partial charge in [-0.1, -0.05) is 29.8 Å². The van der Waals surface area contributed by atoms with Crippen LogP contribution >= 0.6 is 11.8 Å². The predicted molar refractivity (Wildman–Crippen MR) is 99.5 cm³/mol. The van der Waals surface area contributed by atoms with E-state index in [9.17, 15) is 5.26 Å². The number of hydrazone groups is 1. The average molecular weight is 333 g/mol. The van der Waals surface area contributed by atoms with E-state index in [0.29, 0.717) is 0 Å². The molecule has 0 amide bonds. The van der Waals surface area contributed by atoms with E-state index in [1.807, 2.05) is 47.1 Å². The van der Waals surface area contributed by atoms with Gasteiger partial charge in [0.15, 0.2) is 0 Å². The molecule has 0 saturated heterocycles. The van der Waals surface area contributed by atoms with Gasteiger partial charge in [0, 0.05) is 15.2 Å². The van der Waals surface area contributed by atoms with Crippen LogP contribution in [0.4, 0.5) is 5.69 Å². The predicted octanol–water partition coefficient (Wildman–Crippen LogP) is 4.61. The van der Waals surface area contributed by atoms with Crippen molar-refractivity contribution in [2.45, 2.75) is 36.5 Å². The Labute approximate surface area is 147 Å². The summed E-state index contributed by atoms with van der Waals surface area (Å²) in [7, 11) is 0. The maximum Gasteiger partial charge on any atom is 0.148 e. The lowest BCUT2D eigenvalue weighted by molar-refractivity contribution is 0.504. The largest absolute Gasteiger partial charge is 0.247 e. The molecule has 4 heteroatoms. The molecule has 0 aliphatic carbocycles. The van der Waals surface area contributed by atoms with Crippen LogP contribution in [0.2, 0.25) is 0 Å². The lowest BCUT2D eigenvalue weighted by Gasteiger charge is -2.38. The van der Waals surface area contributed by atoms with Crippen LogP contribution in [0.3, 0.4) is 0 Å². The topological polar surface area (TPSA) is 39.4 Å². The Morgan fingerprint density at radius 2 is 1.92 bits per heavy atom. The van der Waals surface area contributed by atoms with Gasteiger partial charge in [0.2, 0.25) is 0 Å². The van der Waals surface area contributed by atoms with Crippen LogP contribution in [-0.4, -0.2) is 16.5 Å². The molecule has 0 N–H and O–H groups in total. The highest BCUT2D eigenvalue weighted by Crippen LogP contribution is 2.51. The smallest absolute Gasteiger partial charge is 0.148 e. The number of hydrogen-bond donors (Lipinski definition) is 0. The van der Waals surface area contributed by atoms with Gasteiger partial charge in [-0.2, -0.15) is 10.4 Å². The van der Waals surface area contributed by atoms with E-state index in [1.165, 1.54) is 16.0 Å². The number of nitrogens with zero attached hydrogens (tertiary/aromatic N) is 3. The fourth-order valence-electron chi connectivity index (χ4n) is 3.67. The first-order valence-corrected chi connectivity index (χ1v) is 8.95. The molecule has 0 radical (unpaired) electrons. The third kappa shape index (κ3) is 2.23. The van der Waals surface area contributed by atoms with Crippen molar-refractivity contribution in [2.75, 3.05) is 5.01 Å². The minimum Gasteiger partial charge on any atom is -0.247 e. The maximum absolute atomic E-state index is 9.90. The first-order chi connectivity index (χ1) is 11.5. The first-order valence-electron chi connectivity index (χ1n) is 8.14. The fourth-order valence-corrected chi connectivity index (χ4v) is 5.01. The van der Waals surface area contributed by atoms with Crippen molar-refractivity contribution in [1.82, 2.24) is 0 Å². The molecular formula is C20H19N3S. The van der Waals surface area contributed by atoms with Crippen molar-refractivity contribution in [3.05, 3.63) is 59.7 Å². The molecule has 0 aromatic heterocycles. The van der Waals surface area contributed by atoms with E-state index in [1.54, 1.807) is 0 Å². The first kappa shape index (κ1) is 15.3. The highest BCUT2D eigenvalue weighted by molar-refractivity contribution is 8.00. The standard InChI is InChI=1S/C20H19N3S/c1-13-9-10-17-15(11-13)19-18(20(2,3)24-17)16(12-21)23(22-19)14-7-5-4-6-8-14/h4-11,16,18H,1-3H3/t16-,18+/m1/s1. The van der Waals surface area contributed by atoms with E-state index < -0.39 is 0 Å². The second-order valence-corrected chi connectivity index (χ2v) is 8.62. The summed E-state index contributed by atoms with van der Waals surface area (Å²) in [5.41, 5.74) is 4.43. The normalized spacial score (nSPS) is 23.9. The van der Waals surface area contributed by atoms with Crippen LogP contribution in [0, 0.1) is 24.2 Å². The van der Waals surface area contributed by atoms with Crippen molar-refractivity contribution in [1.29, 1.82) is 5.26 Å². The molecule has 0 spiro atoms. The fraction of sp³-hybridized carbons (Fsp3) is 0.300. The van der Waals surface area contributed by atoms with Crippen LogP contribution in [0.5, 0.6) is 0 Å². The molecule has 2 aromatic rings. The quantitative estimate of drug-likeness (QED) is 0.765. The van der Waals surface area contributed by atoms with Crippen LogP contribution in [0.25, 0.3) is 0 Å². The van der Waals surface area contributed by atoms with E-state index in [2.05, 4.69) is 45.0 Å². The van der Waals surface area contributed by atoms with Gasteiger partial charge in [-0.05, 0) is 45.0 Å². The number of hydrogen-bond acceptors (Lipinski definition) is 4. The number of anilines is 1. The Morgan fingerprint density at radius 1 is 1.17 bits per heavy atom. The van der Waals surface area contributed by atoms with Crippen molar-refractivity contribution < 1.29 is 0 Å². The van der Waals surface area contributed by atoms with Gasteiger partial charge in [0.05, 0.1) is 23.4 Å². The number of aryl methyl sites for hydroxylation is 1. The zero-order valence-electron chi connectivity index (χ0n) is 14.0. The van der Waals surface area contributed by atoms with Crippen LogP contribution in [0.1, 0.15) is 25.0 Å². The highest BCUT2D eigenvalue weighted by Gasteiger charge is 2.51. The lowest BCUT2D eigenvalue weighted by atomic mass is 9.81. The SMILES string of the molecule is Cc1ccc2c(c1)C1=NN(c3ccccc3)[C@H](C#N)[C@@H]1C(C)(C)S2. The molecule has 2 aliphatic rings. The number of thioether (sulfide) groups is 1. The molecule has 3 nitrogen and oxygen atoms in total. The van der Waals surface area contributed by atoms with E-state index in [4.69, 9.17) is 5.10 Å². The molecule has 0 saturated carbocycles. The minimum atomic E-state index is -0.279. The number of para-hydroxylation sites is 1. The van der Waals surface area contributed by atoms with E-state index in [-0.39, 0.29) is 16.7 Å². The molecule has 0 unspecified atom stereocenters. The molecular weight excluding hydrogens is 314 g/mol. The van der Waals surface area contributed by atoms with E-state index in [0.717, 1.165) is 11.4 Å². The van der Waals surface area contributed by atoms with Gasteiger partial charge in [-0.25, -0.2) is 5.01 Å². The monoisotopic (exact) mass is 333 g/mol. The molecule has 120 valence electrons. The molecule has 2 aliphatic heterocycles. The van der Waals surface area contributed by atoms with Crippen LogP contribution < -0.4 is 5.01 Å². The average Bonchev–Trinajstić information content (AvgIpc) is 2.97. The van der Waals surface area contributed by atoms with Gasteiger partial charge in [0.1, 0.15) is 6.04 Å². The van der Waals surface area contributed by atoms with Gasteiger partial charge >= 0.3 is 0 Å². The second kappa shape index (κ2) is 5.39. The van der Waals surface area contributed by atoms with Crippen molar-refractivity contribution in [3.63, 3.8) is 0 Å². The molecule has 4 rings (SSSR count). The maximum atomic E-state index is 9.90. The molecule has 24 heavy (non-hydrogen) atoms. The van der Waals surface area contributed by atoms with Gasteiger partial charge < -0.3 is 0 Å². The summed E-state index contributed by atoms with van der Waals surface area (Å²) in [6, 6.07) is 18.8. The van der Waals surface area contributed by atoms with Crippen molar-refractivity contribution in [3.8, 4) is 6.07 Å². The van der Waals surface area contributed by atoms with Gasteiger partial charge in [-0.15, -0.1) is 11.8 Å². The number of rotatable bonds is 1. The van der Waals surface area contributed by atoms with Crippen LogP contribution in [0.15, 0.2) is 58.5 Å². The second-order valence-electron chi connectivity index (χ2n) is 6.92. The van der Waals surface area contributed by atoms with Gasteiger partial charge in [0.25, 0.3) is 0 Å². The van der Waals surface area contributed by atoms with E-state index >= 15 is 0 Å². The molecule has 2 atom stereocenters. The summed E-state index contributed by atoms with van der Waals surface area (Å²) in [5.74, 6) is 0.0852. The summed E-state index contributed by atoms with van der Waals surface area (Å²) in [6.07, 6.45) is 0. The number of nitriles is 1. The summed E-state index contributed by atoms with van der Waals surface area (Å²) < 4.78 is -0.0784. The van der Waals surface area contributed by atoms with Crippen LogP contribution in [-0.2, 0) is 0 Å². The number of benzene rings is 2. The zero-order chi connectivity index (χ0) is 16.9. The summed E-state index contributed by atoms with van der Waals surface area (Å²) in [5, 5.41) is 16.7. The summed E-state index contributed by atoms with van der Waals surface area (Å²) in [6.45, 7) is 6.55. The lowest BCUT2D eigenvalue weighted by Crippen LogP contribution is -2.45. The Balaban J connectivity index is 1.91. The Hall–Kier alpha value is -2.25. The zero-order valence-corrected chi connectivity index (χ0v) is 14.8. The molecule has 2 aromatic carbocycles. The number of fused-ring (bicyclic) bond motifs is 3.